The SMILES string of the molecule is CCCCc1ccc(N(C(=O)c2cc([N+](=O)[O-])c(C)c([N+](=O)[O-])c2)S(=O)(=O)c2ccc(Cl)cc2)cc1. The van der Waals surface area contributed by atoms with Gasteiger partial charge in [-0.3, -0.25) is 25.0 Å². The van der Waals surface area contributed by atoms with E-state index < -0.39 is 42.7 Å². The molecule has 0 unspecified atom stereocenters. The van der Waals surface area contributed by atoms with E-state index in [0.29, 0.717) is 4.31 Å². The van der Waals surface area contributed by atoms with Gasteiger partial charge in [0.1, 0.15) is 5.56 Å². The number of nitrogens with zero attached hydrogens (tertiary/aromatic N) is 3. The lowest BCUT2D eigenvalue weighted by atomic mass is 10.1. The zero-order valence-corrected chi connectivity index (χ0v) is 21.0. The highest BCUT2D eigenvalue weighted by atomic mass is 35.5. The van der Waals surface area contributed by atoms with Gasteiger partial charge in [-0.1, -0.05) is 37.1 Å². The Morgan fingerprint density at radius 2 is 1.47 bits per heavy atom. The van der Waals surface area contributed by atoms with Gasteiger partial charge in [-0.2, -0.15) is 4.31 Å². The maximum atomic E-state index is 13.6. The van der Waals surface area contributed by atoms with Crippen molar-refractivity contribution < 1.29 is 23.1 Å². The molecule has 12 heteroatoms. The second-order valence-electron chi connectivity index (χ2n) is 7.95. The van der Waals surface area contributed by atoms with E-state index in [0.717, 1.165) is 37.0 Å². The van der Waals surface area contributed by atoms with Crippen LogP contribution >= 0.6 is 11.6 Å². The minimum Gasteiger partial charge on any atom is -0.268 e. The number of benzene rings is 3. The summed E-state index contributed by atoms with van der Waals surface area (Å²) in [6.45, 7) is 3.22. The third kappa shape index (κ3) is 5.52. The van der Waals surface area contributed by atoms with Crippen LogP contribution in [0.3, 0.4) is 0 Å². The van der Waals surface area contributed by atoms with Crippen molar-refractivity contribution in [2.24, 2.45) is 0 Å². The van der Waals surface area contributed by atoms with Crippen LogP contribution in [0.5, 0.6) is 0 Å². The number of sulfonamides is 1. The molecule has 10 nitrogen and oxygen atoms in total. The van der Waals surface area contributed by atoms with Crippen molar-refractivity contribution in [3.8, 4) is 0 Å². The van der Waals surface area contributed by atoms with Crippen molar-refractivity contribution in [1.29, 1.82) is 0 Å². The van der Waals surface area contributed by atoms with Crippen molar-refractivity contribution in [3.63, 3.8) is 0 Å². The van der Waals surface area contributed by atoms with E-state index in [2.05, 4.69) is 0 Å². The summed E-state index contributed by atoms with van der Waals surface area (Å²) in [4.78, 5) is 34.7. The molecule has 0 aliphatic carbocycles. The molecule has 3 rings (SSSR count). The summed E-state index contributed by atoms with van der Waals surface area (Å²) < 4.78 is 27.7. The summed E-state index contributed by atoms with van der Waals surface area (Å²) in [5, 5.41) is 23.3. The third-order valence-electron chi connectivity index (χ3n) is 5.52. The summed E-state index contributed by atoms with van der Waals surface area (Å²) in [5.41, 5.74) is -1.22. The van der Waals surface area contributed by atoms with E-state index in [1.54, 1.807) is 12.1 Å². The van der Waals surface area contributed by atoms with Crippen molar-refractivity contribution in [1.82, 2.24) is 0 Å². The first-order valence-corrected chi connectivity index (χ1v) is 12.7. The van der Waals surface area contributed by atoms with Crippen LogP contribution in [0.25, 0.3) is 0 Å². The Morgan fingerprint density at radius 3 is 1.94 bits per heavy atom. The first kappa shape index (κ1) is 26.8. The Hall–Kier alpha value is -3.83. The highest BCUT2D eigenvalue weighted by Gasteiger charge is 2.35. The molecule has 0 atom stereocenters. The molecule has 0 aliphatic rings. The van der Waals surface area contributed by atoms with Crippen LogP contribution in [0.4, 0.5) is 17.1 Å². The number of amides is 1. The number of anilines is 1. The van der Waals surface area contributed by atoms with Crippen molar-refractivity contribution >= 4 is 44.6 Å². The van der Waals surface area contributed by atoms with Crippen LogP contribution in [0.1, 0.15) is 41.3 Å². The number of carbonyl (C=O) groups excluding carboxylic acids is 1. The van der Waals surface area contributed by atoms with Crippen LogP contribution in [0.15, 0.2) is 65.6 Å². The average Bonchev–Trinajstić information content (AvgIpc) is 2.83. The molecular weight excluding hydrogens is 510 g/mol. The van der Waals surface area contributed by atoms with Crippen molar-refractivity contribution in [2.45, 2.75) is 38.0 Å². The molecule has 3 aromatic carbocycles. The molecule has 0 spiro atoms. The quantitative estimate of drug-likeness (QED) is 0.249. The van der Waals surface area contributed by atoms with Gasteiger partial charge in [0.05, 0.1) is 26.0 Å². The lowest BCUT2D eigenvalue weighted by molar-refractivity contribution is -0.395. The summed E-state index contributed by atoms with van der Waals surface area (Å²) in [6, 6.07) is 13.1. The van der Waals surface area contributed by atoms with Crippen LogP contribution in [-0.4, -0.2) is 24.2 Å². The lowest BCUT2D eigenvalue weighted by Crippen LogP contribution is -2.37. The Bertz CT molecular complexity index is 1390. The van der Waals surface area contributed by atoms with Crippen LogP contribution in [-0.2, 0) is 16.4 Å². The van der Waals surface area contributed by atoms with Gasteiger partial charge in [0.25, 0.3) is 27.3 Å². The predicted octanol–water partition coefficient (Wildman–Crippen LogP) is 5.84. The largest absolute Gasteiger partial charge is 0.279 e. The minimum atomic E-state index is -4.54. The summed E-state index contributed by atoms with van der Waals surface area (Å²) in [7, 11) is -4.54. The molecule has 0 bridgehead atoms. The predicted molar refractivity (Wildman–Crippen MR) is 135 cm³/mol. The minimum absolute atomic E-state index is 0.0268. The molecule has 188 valence electrons. The molecule has 0 heterocycles. The second-order valence-corrected chi connectivity index (χ2v) is 10.2. The topological polar surface area (TPSA) is 141 Å². The normalized spacial score (nSPS) is 11.2. The average molecular weight is 532 g/mol. The molecule has 0 saturated heterocycles. The number of halogens is 1. The van der Waals surface area contributed by atoms with Gasteiger partial charge in [0.15, 0.2) is 0 Å². The molecule has 0 radical (unpaired) electrons. The zero-order chi connectivity index (χ0) is 26.6. The molecular formula is C24H22ClN3O7S. The molecule has 0 N–H and O–H groups in total. The molecule has 0 saturated carbocycles. The second kappa shape index (κ2) is 10.8. The highest BCUT2D eigenvalue weighted by Crippen LogP contribution is 2.33. The monoisotopic (exact) mass is 531 g/mol. The molecule has 0 aliphatic heterocycles. The zero-order valence-electron chi connectivity index (χ0n) is 19.4. The maximum absolute atomic E-state index is 13.6. The Balaban J connectivity index is 2.22. The fourth-order valence-corrected chi connectivity index (χ4v) is 5.10. The van der Waals surface area contributed by atoms with Gasteiger partial charge < -0.3 is 0 Å². The van der Waals surface area contributed by atoms with Gasteiger partial charge in [-0.05, 0) is 61.7 Å². The van der Waals surface area contributed by atoms with E-state index in [4.69, 9.17) is 11.6 Å². The van der Waals surface area contributed by atoms with E-state index in [1.165, 1.54) is 43.3 Å². The summed E-state index contributed by atoms with van der Waals surface area (Å²) >= 11 is 5.88. The van der Waals surface area contributed by atoms with Gasteiger partial charge in [0.2, 0.25) is 0 Å². The fraction of sp³-hybridized carbons (Fsp3) is 0.208. The maximum Gasteiger partial charge on any atom is 0.279 e. The molecule has 1 amide bonds. The van der Waals surface area contributed by atoms with E-state index in [9.17, 15) is 33.4 Å². The number of nitro benzene ring substituents is 2. The summed E-state index contributed by atoms with van der Waals surface area (Å²) in [5.74, 6) is -1.18. The number of hydrogen-bond acceptors (Lipinski definition) is 7. The van der Waals surface area contributed by atoms with Gasteiger partial charge >= 0.3 is 0 Å². The first-order chi connectivity index (χ1) is 17.0. The molecule has 0 aromatic heterocycles. The Kier molecular flexibility index (Phi) is 8.06. The summed E-state index contributed by atoms with van der Waals surface area (Å²) in [6.07, 6.45) is 2.63. The van der Waals surface area contributed by atoms with Crippen LogP contribution in [0.2, 0.25) is 5.02 Å². The van der Waals surface area contributed by atoms with Gasteiger partial charge in [-0.25, -0.2) is 8.42 Å². The lowest BCUT2D eigenvalue weighted by Gasteiger charge is -2.23. The number of nitro groups is 2. The van der Waals surface area contributed by atoms with Crippen molar-refractivity contribution in [2.75, 3.05) is 4.31 Å². The van der Waals surface area contributed by atoms with E-state index in [1.807, 2.05) is 6.92 Å². The fourth-order valence-electron chi connectivity index (χ4n) is 3.56. The number of aryl methyl sites for hydroxylation is 1. The van der Waals surface area contributed by atoms with E-state index in [-0.39, 0.29) is 21.2 Å². The number of rotatable bonds is 9. The standard InChI is InChI=1S/C24H22ClN3O7S/c1-3-4-5-17-6-10-20(11-7-17)26(36(34,35)21-12-8-19(25)9-13-21)24(29)18-14-22(27(30)31)16(2)23(15-18)28(32)33/h6-15H,3-5H2,1-2H3. The van der Waals surface area contributed by atoms with Crippen LogP contribution < -0.4 is 4.31 Å². The molecule has 3 aromatic rings. The Morgan fingerprint density at radius 1 is 0.944 bits per heavy atom. The van der Waals surface area contributed by atoms with Crippen LogP contribution in [0, 0.1) is 27.2 Å². The number of hydrogen-bond donors (Lipinski definition) is 0. The highest BCUT2D eigenvalue weighted by molar-refractivity contribution is 7.93. The molecule has 36 heavy (non-hydrogen) atoms. The Labute approximate surface area is 212 Å². The smallest absolute Gasteiger partial charge is 0.268 e. The molecule has 0 fully saturated rings. The first-order valence-electron chi connectivity index (χ1n) is 10.8. The third-order valence-corrected chi connectivity index (χ3v) is 7.50. The van der Waals surface area contributed by atoms with Crippen molar-refractivity contribution in [3.05, 3.63) is 103 Å². The van der Waals surface area contributed by atoms with Gasteiger partial charge in [0, 0.05) is 17.2 Å². The van der Waals surface area contributed by atoms with Gasteiger partial charge in [-0.15, -0.1) is 0 Å². The number of carbonyl (C=O) groups is 1. The number of unbranched alkanes of at least 4 members (excludes halogenated alkanes) is 1. The van der Waals surface area contributed by atoms with E-state index >= 15 is 0 Å².